The third-order valence-corrected chi connectivity index (χ3v) is 3.60. The zero-order chi connectivity index (χ0) is 19.8. The van der Waals surface area contributed by atoms with Crippen LogP contribution in [-0.2, 0) is 16.0 Å². The molecule has 0 fully saturated rings. The van der Waals surface area contributed by atoms with E-state index in [0.717, 1.165) is 6.07 Å². The van der Waals surface area contributed by atoms with Crippen LogP contribution in [-0.4, -0.2) is 29.1 Å². The van der Waals surface area contributed by atoms with E-state index in [0.29, 0.717) is 16.2 Å². The van der Waals surface area contributed by atoms with Crippen LogP contribution in [0.15, 0.2) is 42.5 Å². The number of hydrogen-bond acceptors (Lipinski definition) is 6. The number of esters is 1. The van der Waals surface area contributed by atoms with E-state index in [1.165, 1.54) is 24.3 Å². The van der Waals surface area contributed by atoms with Crippen LogP contribution >= 0.6 is 12.2 Å². The number of benzene rings is 2. The number of halogens is 1. The van der Waals surface area contributed by atoms with E-state index in [-0.39, 0.29) is 31.1 Å². The standard InChI is InChI=1S/C18H17FN2O5S/c1-2-25-18(22)11-26-16-10-13(19)6-7-15(16)20-17(27)9-12-4-3-5-14(8-12)21(23)24/h3-8,10H,2,9,11H2,1H3,(H,20,27). The largest absolute Gasteiger partial charge is 0.480 e. The van der Waals surface area contributed by atoms with Gasteiger partial charge in [-0.2, -0.15) is 0 Å². The summed E-state index contributed by atoms with van der Waals surface area (Å²) < 4.78 is 23.6. The number of thiocarbonyl (C=S) groups is 1. The van der Waals surface area contributed by atoms with Gasteiger partial charge in [0.15, 0.2) is 6.61 Å². The van der Waals surface area contributed by atoms with Crippen LogP contribution in [0.25, 0.3) is 0 Å². The minimum Gasteiger partial charge on any atom is -0.480 e. The van der Waals surface area contributed by atoms with Gasteiger partial charge in [0, 0.05) is 24.6 Å². The summed E-state index contributed by atoms with van der Waals surface area (Å²) in [5, 5.41) is 13.8. The van der Waals surface area contributed by atoms with Crippen LogP contribution < -0.4 is 10.1 Å². The molecule has 0 saturated carbocycles. The van der Waals surface area contributed by atoms with Crippen LogP contribution in [0.3, 0.4) is 0 Å². The average molecular weight is 392 g/mol. The first-order valence-electron chi connectivity index (χ1n) is 8.00. The third-order valence-electron chi connectivity index (χ3n) is 3.35. The number of nitro groups is 1. The van der Waals surface area contributed by atoms with Crippen molar-refractivity contribution in [2.24, 2.45) is 0 Å². The lowest BCUT2D eigenvalue weighted by Crippen LogP contribution is -2.17. The Morgan fingerprint density at radius 1 is 1.30 bits per heavy atom. The maximum Gasteiger partial charge on any atom is 0.344 e. The molecular weight excluding hydrogens is 375 g/mol. The second kappa shape index (κ2) is 9.58. The molecule has 0 radical (unpaired) electrons. The monoisotopic (exact) mass is 392 g/mol. The van der Waals surface area contributed by atoms with E-state index in [4.69, 9.17) is 21.7 Å². The van der Waals surface area contributed by atoms with Crippen molar-refractivity contribution in [1.82, 2.24) is 0 Å². The van der Waals surface area contributed by atoms with Gasteiger partial charge in [0.1, 0.15) is 11.6 Å². The van der Waals surface area contributed by atoms with E-state index >= 15 is 0 Å². The molecular formula is C18H17FN2O5S. The molecule has 0 amide bonds. The number of carbonyl (C=O) groups excluding carboxylic acids is 1. The summed E-state index contributed by atoms with van der Waals surface area (Å²) in [5.41, 5.74) is 0.990. The van der Waals surface area contributed by atoms with Gasteiger partial charge < -0.3 is 14.8 Å². The molecule has 0 aliphatic rings. The number of anilines is 1. The average Bonchev–Trinajstić information content (AvgIpc) is 2.62. The maximum atomic E-state index is 13.5. The number of hydrogen-bond donors (Lipinski definition) is 1. The fraction of sp³-hybridized carbons (Fsp3) is 0.222. The molecule has 0 aliphatic heterocycles. The van der Waals surface area contributed by atoms with Crippen LogP contribution in [0, 0.1) is 15.9 Å². The number of nitro benzene ring substituents is 1. The molecule has 2 aromatic rings. The van der Waals surface area contributed by atoms with Crippen molar-refractivity contribution in [3.63, 3.8) is 0 Å². The molecule has 1 N–H and O–H groups in total. The van der Waals surface area contributed by atoms with Crippen molar-refractivity contribution in [2.75, 3.05) is 18.5 Å². The van der Waals surface area contributed by atoms with Crippen molar-refractivity contribution in [1.29, 1.82) is 0 Å². The highest BCUT2D eigenvalue weighted by molar-refractivity contribution is 7.80. The van der Waals surface area contributed by atoms with Gasteiger partial charge in [0.2, 0.25) is 0 Å². The third kappa shape index (κ3) is 6.30. The van der Waals surface area contributed by atoms with Gasteiger partial charge in [-0.3, -0.25) is 10.1 Å². The quantitative estimate of drug-likeness (QED) is 0.317. The van der Waals surface area contributed by atoms with Crippen LogP contribution in [0.1, 0.15) is 12.5 Å². The van der Waals surface area contributed by atoms with E-state index in [9.17, 15) is 19.3 Å². The summed E-state index contributed by atoms with van der Waals surface area (Å²) in [5.74, 6) is -1.01. The van der Waals surface area contributed by atoms with Crippen molar-refractivity contribution in [2.45, 2.75) is 13.3 Å². The zero-order valence-corrected chi connectivity index (χ0v) is 15.3. The highest BCUT2D eigenvalue weighted by Crippen LogP contribution is 2.26. The molecule has 2 aromatic carbocycles. The molecule has 0 atom stereocenters. The van der Waals surface area contributed by atoms with E-state index in [1.54, 1.807) is 19.1 Å². The summed E-state index contributed by atoms with van der Waals surface area (Å²) in [4.78, 5) is 22.1. The predicted octanol–water partition coefficient (Wildman–Crippen LogP) is 3.66. The SMILES string of the molecule is CCOC(=O)COc1cc(F)ccc1NC(=S)Cc1cccc([N+](=O)[O-])c1. The van der Waals surface area contributed by atoms with Crippen LogP contribution in [0.2, 0.25) is 0 Å². The number of nitrogens with zero attached hydrogens (tertiary/aromatic N) is 1. The first-order valence-corrected chi connectivity index (χ1v) is 8.41. The molecule has 0 spiro atoms. The van der Waals surface area contributed by atoms with Crippen LogP contribution in [0.5, 0.6) is 5.75 Å². The van der Waals surface area contributed by atoms with Crippen molar-refractivity contribution >= 4 is 34.6 Å². The molecule has 0 aromatic heterocycles. The highest BCUT2D eigenvalue weighted by atomic mass is 32.1. The summed E-state index contributed by atoms with van der Waals surface area (Å²) in [6.07, 6.45) is 0.242. The molecule has 0 bridgehead atoms. The number of ether oxygens (including phenoxy) is 2. The maximum absolute atomic E-state index is 13.5. The highest BCUT2D eigenvalue weighted by Gasteiger charge is 2.12. The molecule has 2 rings (SSSR count). The number of nitrogens with one attached hydrogen (secondary N) is 1. The lowest BCUT2D eigenvalue weighted by molar-refractivity contribution is -0.384. The zero-order valence-electron chi connectivity index (χ0n) is 14.4. The second-order valence-corrected chi connectivity index (χ2v) is 5.88. The van der Waals surface area contributed by atoms with Gasteiger partial charge in [-0.15, -0.1) is 0 Å². The van der Waals surface area contributed by atoms with Gasteiger partial charge in [-0.25, -0.2) is 9.18 Å². The first kappa shape index (κ1) is 20.2. The fourth-order valence-electron chi connectivity index (χ4n) is 2.22. The Hall–Kier alpha value is -3.07. The van der Waals surface area contributed by atoms with Crippen LogP contribution in [0.4, 0.5) is 15.8 Å². The molecule has 0 aliphatic carbocycles. The van der Waals surface area contributed by atoms with E-state index in [1.807, 2.05) is 0 Å². The van der Waals surface area contributed by atoms with Gasteiger partial charge in [0.05, 0.1) is 22.2 Å². The molecule has 142 valence electrons. The first-order chi connectivity index (χ1) is 12.9. The van der Waals surface area contributed by atoms with E-state index < -0.39 is 16.7 Å². The molecule has 0 saturated heterocycles. The molecule has 7 nitrogen and oxygen atoms in total. The Kier molecular flexibility index (Phi) is 7.18. The lowest BCUT2D eigenvalue weighted by Gasteiger charge is -2.14. The Balaban J connectivity index is 2.07. The predicted molar refractivity (Wildman–Crippen MR) is 102 cm³/mol. The number of carbonyl (C=O) groups is 1. The molecule has 0 unspecified atom stereocenters. The van der Waals surface area contributed by atoms with Crippen molar-refractivity contribution < 1.29 is 23.6 Å². The normalized spacial score (nSPS) is 10.1. The Morgan fingerprint density at radius 2 is 2.07 bits per heavy atom. The summed E-state index contributed by atoms with van der Waals surface area (Å²) in [7, 11) is 0. The number of non-ortho nitro benzene ring substituents is 1. The lowest BCUT2D eigenvalue weighted by atomic mass is 10.1. The topological polar surface area (TPSA) is 90.7 Å². The molecule has 0 heterocycles. The molecule has 9 heteroatoms. The Bertz CT molecular complexity index is 859. The number of rotatable bonds is 8. The second-order valence-electron chi connectivity index (χ2n) is 5.39. The minimum atomic E-state index is -0.577. The minimum absolute atomic E-state index is 0.0319. The smallest absolute Gasteiger partial charge is 0.344 e. The van der Waals surface area contributed by atoms with Gasteiger partial charge in [-0.1, -0.05) is 24.4 Å². The molecule has 27 heavy (non-hydrogen) atoms. The Morgan fingerprint density at radius 3 is 2.78 bits per heavy atom. The summed E-state index contributed by atoms with van der Waals surface area (Å²) >= 11 is 5.27. The van der Waals surface area contributed by atoms with Gasteiger partial charge in [-0.05, 0) is 24.6 Å². The Labute approximate surface area is 160 Å². The van der Waals surface area contributed by atoms with E-state index in [2.05, 4.69) is 5.32 Å². The van der Waals surface area contributed by atoms with Crippen molar-refractivity contribution in [3.8, 4) is 5.75 Å². The fourth-order valence-corrected chi connectivity index (χ4v) is 2.49. The summed E-state index contributed by atoms with van der Waals surface area (Å²) in [6, 6.07) is 9.87. The summed E-state index contributed by atoms with van der Waals surface area (Å²) in [6.45, 7) is 1.51. The van der Waals surface area contributed by atoms with Gasteiger partial charge in [0.25, 0.3) is 5.69 Å². The van der Waals surface area contributed by atoms with Gasteiger partial charge >= 0.3 is 5.97 Å². The van der Waals surface area contributed by atoms with Crippen molar-refractivity contribution in [3.05, 3.63) is 64.0 Å².